The van der Waals surface area contributed by atoms with Gasteiger partial charge in [0.1, 0.15) is 22.8 Å². The molecular formula is C19H18ClNO4. The minimum absolute atomic E-state index is 0.150. The molecule has 0 aliphatic rings. The van der Waals surface area contributed by atoms with E-state index >= 15 is 0 Å². The van der Waals surface area contributed by atoms with Gasteiger partial charge in [-0.05, 0) is 12.1 Å². The first-order valence-electron chi connectivity index (χ1n) is 7.79. The normalized spacial score (nSPS) is 10.7. The van der Waals surface area contributed by atoms with E-state index in [1.54, 1.807) is 12.1 Å². The Morgan fingerprint density at radius 3 is 2.60 bits per heavy atom. The molecule has 0 bridgehead atoms. The number of rotatable bonds is 6. The molecule has 0 radical (unpaired) electrons. The van der Waals surface area contributed by atoms with Crippen LogP contribution in [0.5, 0.6) is 11.5 Å². The molecule has 1 aromatic heterocycles. The van der Waals surface area contributed by atoms with E-state index in [2.05, 4.69) is 5.32 Å². The van der Waals surface area contributed by atoms with Gasteiger partial charge in [0.25, 0.3) is 0 Å². The summed E-state index contributed by atoms with van der Waals surface area (Å²) in [5, 5.41) is 4.27. The van der Waals surface area contributed by atoms with Crippen molar-refractivity contribution in [3.05, 3.63) is 53.2 Å². The van der Waals surface area contributed by atoms with Crippen LogP contribution in [0.3, 0.4) is 0 Å². The van der Waals surface area contributed by atoms with Gasteiger partial charge in [0.05, 0.1) is 24.9 Å². The quantitative estimate of drug-likeness (QED) is 0.694. The van der Waals surface area contributed by atoms with Crippen molar-refractivity contribution in [1.82, 2.24) is 0 Å². The van der Waals surface area contributed by atoms with Gasteiger partial charge < -0.3 is 19.2 Å². The van der Waals surface area contributed by atoms with Gasteiger partial charge >= 0.3 is 0 Å². The number of nitrogens with one attached hydrogen (secondary N) is 1. The third-order valence-corrected chi connectivity index (χ3v) is 4.12. The first kappa shape index (κ1) is 17.2. The molecule has 0 aliphatic carbocycles. The van der Waals surface area contributed by atoms with E-state index in [-0.39, 0.29) is 12.3 Å². The van der Waals surface area contributed by atoms with Crippen molar-refractivity contribution in [2.45, 2.75) is 12.8 Å². The molecule has 0 aliphatic heterocycles. The highest BCUT2D eigenvalue weighted by Crippen LogP contribution is 2.36. The maximum atomic E-state index is 12.3. The smallest absolute Gasteiger partial charge is 0.224 e. The van der Waals surface area contributed by atoms with Gasteiger partial charge in [0, 0.05) is 30.4 Å². The monoisotopic (exact) mass is 359 g/mol. The third kappa shape index (κ3) is 3.88. The van der Waals surface area contributed by atoms with Crippen LogP contribution in [0.1, 0.15) is 12.2 Å². The Labute approximate surface area is 150 Å². The molecule has 0 unspecified atom stereocenters. The van der Waals surface area contributed by atoms with Crippen LogP contribution in [0, 0.1) is 0 Å². The maximum Gasteiger partial charge on any atom is 0.224 e. The van der Waals surface area contributed by atoms with Gasteiger partial charge in [-0.25, -0.2) is 0 Å². The topological polar surface area (TPSA) is 60.7 Å². The lowest BCUT2D eigenvalue weighted by Crippen LogP contribution is -2.13. The van der Waals surface area contributed by atoms with Crippen molar-refractivity contribution in [3.8, 4) is 11.5 Å². The molecule has 0 spiro atoms. The minimum Gasteiger partial charge on any atom is -0.495 e. The zero-order chi connectivity index (χ0) is 17.8. The minimum atomic E-state index is -0.150. The average molecular weight is 360 g/mol. The Morgan fingerprint density at radius 2 is 1.88 bits per heavy atom. The standard InChI is InChI=1S/C19H18ClNO4/c1-23-17-11-15(18(24-2)10-14(17)20)21-19(22)8-7-13-9-12-5-3-4-6-16(12)25-13/h3-6,9-11H,7-8H2,1-2H3,(H,21,22). The first-order valence-corrected chi connectivity index (χ1v) is 8.17. The highest BCUT2D eigenvalue weighted by Gasteiger charge is 2.13. The maximum absolute atomic E-state index is 12.3. The van der Waals surface area contributed by atoms with Crippen molar-refractivity contribution >= 4 is 34.2 Å². The van der Waals surface area contributed by atoms with Crippen molar-refractivity contribution in [2.24, 2.45) is 0 Å². The Kier molecular flexibility index (Phi) is 5.14. The second-order valence-corrected chi connectivity index (χ2v) is 5.89. The number of carbonyl (C=O) groups is 1. The van der Waals surface area contributed by atoms with Gasteiger partial charge in [-0.2, -0.15) is 0 Å². The lowest BCUT2D eigenvalue weighted by Gasteiger charge is -2.13. The van der Waals surface area contributed by atoms with Crippen LogP contribution in [-0.2, 0) is 11.2 Å². The fourth-order valence-corrected chi connectivity index (χ4v) is 2.80. The average Bonchev–Trinajstić information content (AvgIpc) is 3.04. The highest BCUT2D eigenvalue weighted by atomic mass is 35.5. The number of hydrogen-bond acceptors (Lipinski definition) is 4. The predicted molar refractivity (Wildman–Crippen MR) is 97.7 cm³/mol. The van der Waals surface area contributed by atoms with E-state index in [0.29, 0.717) is 28.6 Å². The molecule has 1 heterocycles. The Morgan fingerprint density at radius 1 is 1.12 bits per heavy atom. The Hall–Kier alpha value is -2.66. The number of amides is 1. The molecule has 1 amide bonds. The van der Waals surface area contributed by atoms with Gasteiger partial charge in [-0.3, -0.25) is 4.79 Å². The number of carbonyl (C=O) groups excluding carboxylic acids is 1. The molecule has 3 aromatic rings. The van der Waals surface area contributed by atoms with E-state index in [1.165, 1.54) is 14.2 Å². The summed E-state index contributed by atoms with van der Waals surface area (Å²) in [6.07, 6.45) is 0.793. The van der Waals surface area contributed by atoms with Crippen molar-refractivity contribution in [1.29, 1.82) is 0 Å². The number of furan rings is 1. The molecule has 0 fully saturated rings. The summed E-state index contributed by atoms with van der Waals surface area (Å²) in [7, 11) is 3.03. The van der Waals surface area contributed by atoms with Gasteiger partial charge in [0.2, 0.25) is 5.91 Å². The highest BCUT2D eigenvalue weighted by molar-refractivity contribution is 6.32. The molecule has 6 heteroatoms. The number of benzene rings is 2. The van der Waals surface area contributed by atoms with E-state index < -0.39 is 0 Å². The Bertz CT molecular complexity index is 871. The summed E-state index contributed by atoms with van der Waals surface area (Å²) in [6.45, 7) is 0. The van der Waals surface area contributed by atoms with E-state index in [9.17, 15) is 4.79 Å². The first-order chi connectivity index (χ1) is 12.1. The van der Waals surface area contributed by atoms with E-state index in [0.717, 1.165) is 16.7 Å². The van der Waals surface area contributed by atoms with Crippen molar-refractivity contribution in [2.75, 3.05) is 19.5 Å². The zero-order valence-corrected chi connectivity index (χ0v) is 14.7. The number of aryl methyl sites for hydroxylation is 1. The second kappa shape index (κ2) is 7.49. The number of fused-ring (bicyclic) bond motifs is 1. The zero-order valence-electron chi connectivity index (χ0n) is 14.0. The van der Waals surface area contributed by atoms with Crippen LogP contribution in [0.25, 0.3) is 11.0 Å². The molecule has 5 nitrogen and oxygen atoms in total. The number of methoxy groups -OCH3 is 2. The molecule has 0 atom stereocenters. The molecule has 0 saturated heterocycles. The van der Waals surface area contributed by atoms with Crippen molar-refractivity contribution < 1.29 is 18.7 Å². The molecule has 2 aromatic carbocycles. The summed E-state index contributed by atoms with van der Waals surface area (Å²) < 4.78 is 16.2. The SMILES string of the molecule is COc1cc(NC(=O)CCc2cc3ccccc3o2)c(OC)cc1Cl. The van der Waals surface area contributed by atoms with Gasteiger partial charge in [-0.1, -0.05) is 29.8 Å². The summed E-state index contributed by atoms with van der Waals surface area (Å²) in [6, 6.07) is 13.0. The summed E-state index contributed by atoms with van der Waals surface area (Å²) in [4.78, 5) is 12.3. The molecule has 25 heavy (non-hydrogen) atoms. The third-order valence-electron chi connectivity index (χ3n) is 3.82. The number of para-hydroxylation sites is 1. The van der Waals surface area contributed by atoms with Gasteiger partial charge in [-0.15, -0.1) is 0 Å². The van der Waals surface area contributed by atoms with Crippen LogP contribution in [0.15, 0.2) is 46.9 Å². The number of ether oxygens (including phenoxy) is 2. The molecule has 0 saturated carbocycles. The fourth-order valence-electron chi connectivity index (χ4n) is 2.57. The molecular weight excluding hydrogens is 342 g/mol. The fraction of sp³-hybridized carbons (Fsp3) is 0.211. The summed E-state index contributed by atoms with van der Waals surface area (Å²) >= 11 is 6.07. The second-order valence-electron chi connectivity index (χ2n) is 5.49. The number of anilines is 1. The Balaban J connectivity index is 1.68. The van der Waals surface area contributed by atoms with E-state index in [1.807, 2.05) is 30.3 Å². The molecule has 130 valence electrons. The number of hydrogen-bond donors (Lipinski definition) is 1. The largest absolute Gasteiger partial charge is 0.495 e. The summed E-state index contributed by atoms with van der Waals surface area (Å²) in [5.74, 6) is 1.57. The molecule has 1 N–H and O–H groups in total. The number of halogens is 1. The van der Waals surface area contributed by atoms with Crippen LogP contribution in [0.4, 0.5) is 5.69 Å². The van der Waals surface area contributed by atoms with Crippen LogP contribution in [-0.4, -0.2) is 20.1 Å². The lowest BCUT2D eigenvalue weighted by atomic mass is 10.2. The lowest BCUT2D eigenvalue weighted by molar-refractivity contribution is -0.116. The van der Waals surface area contributed by atoms with E-state index in [4.69, 9.17) is 25.5 Å². The van der Waals surface area contributed by atoms with Crippen LogP contribution >= 0.6 is 11.6 Å². The summed E-state index contributed by atoms with van der Waals surface area (Å²) in [5.41, 5.74) is 1.33. The molecule has 3 rings (SSSR count). The van der Waals surface area contributed by atoms with Crippen LogP contribution in [0.2, 0.25) is 5.02 Å². The predicted octanol–water partition coefficient (Wildman–Crippen LogP) is 4.67. The van der Waals surface area contributed by atoms with Gasteiger partial charge in [0.15, 0.2) is 0 Å². The van der Waals surface area contributed by atoms with Crippen LogP contribution < -0.4 is 14.8 Å². The van der Waals surface area contributed by atoms with Crippen molar-refractivity contribution in [3.63, 3.8) is 0 Å².